The molecule has 2 rings (SSSR count). The van der Waals surface area contributed by atoms with Gasteiger partial charge in [-0.3, -0.25) is 0 Å². The van der Waals surface area contributed by atoms with Crippen molar-refractivity contribution in [1.82, 2.24) is 14.7 Å². The monoisotopic (exact) mass is 377 g/mol. The molecule has 2 aliphatic heterocycles. The molecule has 11 heteroatoms. The van der Waals surface area contributed by atoms with Crippen LogP contribution in [0.4, 0.5) is 9.59 Å². The van der Waals surface area contributed by atoms with E-state index in [1.807, 2.05) is 0 Å². The van der Waals surface area contributed by atoms with Gasteiger partial charge in [0.2, 0.25) is 0 Å². The molecule has 0 aromatic rings. The first-order chi connectivity index (χ1) is 11.3. The van der Waals surface area contributed by atoms with Gasteiger partial charge in [0.05, 0.1) is 11.5 Å². The minimum atomic E-state index is -3.02. The van der Waals surface area contributed by atoms with E-state index in [4.69, 9.17) is 5.73 Å². The van der Waals surface area contributed by atoms with Crippen molar-refractivity contribution in [2.24, 2.45) is 10.7 Å². The Morgan fingerprint density at radius 2 is 1.50 bits per heavy atom. The fourth-order valence-electron chi connectivity index (χ4n) is 2.61. The third-order valence-electron chi connectivity index (χ3n) is 4.07. The summed E-state index contributed by atoms with van der Waals surface area (Å²) in [6.07, 6.45) is 2.39. The predicted molar refractivity (Wildman–Crippen MR) is 93.9 cm³/mol. The number of rotatable bonds is 0. The van der Waals surface area contributed by atoms with E-state index in [1.54, 1.807) is 21.0 Å². The Morgan fingerprint density at radius 1 is 0.958 bits per heavy atom. The average Bonchev–Trinajstić information content (AvgIpc) is 2.80. The van der Waals surface area contributed by atoms with Gasteiger partial charge in [-0.25, -0.2) is 18.0 Å². The van der Waals surface area contributed by atoms with Gasteiger partial charge in [-0.05, 0) is 12.7 Å². The molecule has 0 spiro atoms. The summed E-state index contributed by atoms with van der Waals surface area (Å²) in [5.41, 5.74) is 5.56. The number of nitrogens with two attached hydrogens (primary N) is 1. The Balaban J connectivity index is 1.91. The van der Waals surface area contributed by atoms with Crippen LogP contribution < -0.4 is 5.73 Å². The maximum absolute atomic E-state index is 12.5. The fourth-order valence-corrected chi connectivity index (χ4v) is 3.98. The van der Waals surface area contributed by atoms with Crippen molar-refractivity contribution in [3.8, 4) is 0 Å². The number of carbonyl (C=O) groups is 2. The molecular formula is C13H23N5O4S2. The summed E-state index contributed by atoms with van der Waals surface area (Å²) in [6.45, 7) is 2.31. The lowest BCUT2D eigenvalue weighted by molar-refractivity contribution is 0.157. The van der Waals surface area contributed by atoms with Crippen LogP contribution in [-0.2, 0) is 9.84 Å². The summed E-state index contributed by atoms with van der Waals surface area (Å²) in [5.74, 6) is 0.0275. The number of aliphatic imine (C=N–C) groups is 1. The number of thioether (sulfide) groups is 1. The highest BCUT2D eigenvalue weighted by molar-refractivity contribution is 8.13. The van der Waals surface area contributed by atoms with Crippen LogP contribution in [0.3, 0.4) is 0 Å². The molecule has 2 aliphatic rings. The second-order valence-corrected chi connectivity index (χ2v) is 8.82. The Labute approximate surface area is 146 Å². The highest BCUT2D eigenvalue weighted by Gasteiger charge is 2.29. The molecule has 0 saturated carbocycles. The molecule has 0 unspecified atom stereocenters. The van der Waals surface area contributed by atoms with Crippen LogP contribution in [-0.4, -0.2) is 97.4 Å². The van der Waals surface area contributed by atoms with Crippen LogP contribution in [0.1, 0.15) is 6.42 Å². The number of hydrogen-bond acceptors (Lipinski definition) is 5. The van der Waals surface area contributed by atoms with E-state index in [1.165, 1.54) is 11.8 Å². The van der Waals surface area contributed by atoms with Crippen molar-refractivity contribution in [2.45, 2.75) is 6.42 Å². The SMILES string of the molecule is CS/C(N)=N/C(=O)N1CCCN(C(=O)N2CCS(=O)(=O)CC2)CC1. The molecule has 9 nitrogen and oxygen atoms in total. The van der Waals surface area contributed by atoms with E-state index in [0.29, 0.717) is 32.6 Å². The van der Waals surface area contributed by atoms with Gasteiger partial charge in [0.25, 0.3) is 0 Å². The Kier molecular flexibility index (Phi) is 6.33. The van der Waals surface area contributed by atoms with Crippen molar-refractivity contribution in [2.75, 3.05) is 57.0 Å². The van der Waals surface area contributed by atoms with Crippen molar-refractivity contribution in [3.63, 3.8) is 0 Å². The molecule has 2 heterocycles. The Hall–Kier alpha value is -1.49. The number of amides is 4. The molecule has 0 aliphatic carbocycles. The first kappa shape index (κ1) is 18.8. The standard InChI is InChI=1S/C13H23N5O4S2/c1-23-11(14)15-12(19)16-3-2-4-17(6-5-16)13(20)18-7-9-24(21,22)10-8-18/h2-10H2,1H3,(H2,14,15,19). The van der Waals surface area contributed by atoms with Crippen LogP contribution in [0.5, 0.6) is 0 Å². The molecule has 136 valence electrons. The number of sulfone groups is 1. The molecule has 2 N–H and O–H groups in total. The van der Waals surface area contributed by atoms with Gasteiger partial charge < -0.3 is 20.4 Å². The molecule has 2 fully saturated rings. The van der Waals surface area contributed by atoms with Gasteiger partial charge >= 0.3 is 12.1 Å². The van der Waals surface area contributed by atoms with Crippen molar-refractivity contribution >= 4 is 38.8 Å². The van der Waals surface area contributed by atoms with Gasteiger partial charge in [-0.15, -0.1) is 0 Å². The van der Waals surface area contributed by atoms with Crippen LogP contribution in [0.2, 0.25) is 0 Å². The van der Waals surface area contributed by atoms with E-state index in [0.717, 1.165) is 0 Å². The lowest BCUT2D eigenvalue weighted by Gasteiger charge is -2.32. The maximum atomic E-state index is 12.5. The van der Waals surface area contributed by atoms with E-state index in [9.17, 15) is 18.0 Å². The van der Waals surface area contributed by atoms with Gasteiger partial charge in [-0.1, -0.05) is 11.8 Å². The van der Waals surface area contributed by atoms with E-state index >= 15 is 0 Å². The third-order valence-corrected chi connectivity index (χ3v) is 6.19. The number of carbonyl (C=O) groups excluding carboxylic acids is 2. The van der Waals surface area contributed by atoms with Gasteiger partial charge in [-0.2, -0.15) is 4.99 Å². The van der Waals surface area contributed by atoms with E-state index in [2.05, 4.69) is 4.99 Å². The molecule has 0 bridgehead atoms. The second-order valence-electron chi connectivity index (χ2n) is 5.69. The summed E-state index contributed by atoms with van der Waals surface area (Å²) < 4.78 is 22.9. The number of amidine groups is 1. The van der Waals surface area contributed by atoms with Gasteiger partial charge in [0.1, 0.15) is 0 Å². The molecule has 0 radical (unpaired) electrons. The minimum absolute atomic E-state index is 0.0138. The highest BCUT2D eigenvalue weighted by atomic mass is 32.2. The summed E-state index contributed by atoms with van der Waals surface area (Å²) in [5, 5.41) is 0.215. The smallest absolute Gasteiger partial charge is 0.346 e. The minimum Gasteiger partial charge on any atom is -0.378 e. The molecular weight excluding hydrogens is 354 g/mol. The second kappa shape index (κ2) is 8.06. The first-order valence-electron chi connectivity index (χ1n) is 7.74. The molecule has 0 aromatic carbocycles. The lowest BCUT2D eigenvalue weighted by Crippen LogP contribution is -2.50. The van der Waals surface area contributed by atoms with Crippen molar-refractivity contribution in [3.05, 3.63) is 0 Å². The maximum Gasteiger partial charge on any atom is 0.346 e. The molecule has 0 atom stereocenters. The summed E-state index contributed by atoms with van der Waals surface area (Å²) in [6, 6.07) is -0.549. The van der Waals surface area contributed by atoms with E-state index < -0.39 is 9.84 Å². The normalized spacial score (nSPS) is 22.2. The zero-order valence-corrected chi connectivity index (χ0v) is 15.3. The summed E-state index contributed by atoms with van der Waals surface area (Å²) in [4.78, 5) is 33.2. The average molecular weight is 377 g/mol. The van der Waals surface area contributed by atoms with Crippen molar-refractivity contribution < 1.29 is 18.0 Å². The lowest BCUT2D eigenvalue weighted by atomic mass is 10.4. The van der Waals surface area contributed by atoms with Crippen molar-refractivity contribution in [1.29, 1.82) is 0 Å². The highest BCUT2D eigenvalue weighted by Crippen LogP contribution is 2.11. The zero-order valence-electron chi connectivity index (χ0n) is 13.7. The first-order valence-corrected chi connectivity index (χ1v) is 10.8. The van der Waals surface area contributed by atoms with Crippen LogP contribution in [0.25, 0.3) is 0 Å². The van der Waals surface area contributed by atoms with E-state index in [-0.39, 0.29) is 41.8 Å². The Morgan fingerprint density at radius 3 is 2.12 bits per heavy atom. The molecule has 0 aromatic heterocycles. The van der Waals surface area contributed by atoms with Gasteiger partial charge in [0.15, 0.2) is 15.0 Å². The third kappa shape index (κ3) is 5.00. The largest absolute Gasteiger partial charge is 0.378 e. The Bertz CT molecular complexity index is 608. The summed E-state index contributed by atoms with van der Waals surface area (Å²) in [7, 11) is -3.02. The van der Waals surface area contributed by atoms with Crippen LogP contribution >= 0.6 is 11.8 Å². The van der Waals surface area contributed by atoms with Crippen LogP contribution in [0.15, 0.2) is 4.99 Å². The quantitative estimate of drug-likeness (QED) is 0.455. The number of urea groups is 2. The molecule has 4 amide bonds. The topological polar surface area (TPSA) is 116 Å². The fraction of sp³-hybridized carbons (Fsp3) is 0.769. The predicted octanol–water partition coefficient (Wildman–Crippen LogP) is -0.358. The number of nitrogens with zero attached hydrogens (tertiary/aromatic N) is 4. The molecule has 24 heavy (non-hydrogen) atoms. The molecule has 2 saturated heterocycles. The number of hydrogen-bond donors (Lipinski definition) is 1. The zero-order chi connectivity index (χ0) is 17.7. The summed E-state index contributed by atoms with van der Waals surface area (Å²) >= 11 is 1.21. The van der Waals surface area contributed by atoms with Crippen LogP contribution in [0, 0.1) is 0 Å². The van der Waals surface area contributed by atoms with Gasteiger partial charge in [0, 0.05) is 39.3 Å².